The highest BCUT2D eigenvalue weighted by molar-refractivity contribution is 4.89. The second kappa shape index (κ2) is 10.8. The van der Waals surface area contributed by atoms with E-state index in [1.54, 1.807) is 0 Å². The lowest BCUT2D eigenvalue weighted by Gasteiger charge is -1.94. The van der Waals surface area contributed by atoms with E-state index in [1.807, 2.05) is 25.3 Å². The summed E-state index contributed by atoms with van der Waals surface area (Å²) in [4.78, 5) is 0. The van der Waals surface area contributed by atoms with Crippen LogP contribution in [0.2, 0.25) is 0 Å². The molecule has 2 N–H and O–H groups in total. The maximum atomic E-state index is 3.47. The Morgan fingerprint density at radius 2 is 2.00 bits per heavy atom. The summed E-state index contributed by atoms with van der Waals surface area (Å²) in [6, 6.07) is 0. The molecule has 0 fully saturated rings. The second-order valence-corrected chi connectivity index (χ2v) is 2.45. The molecule has 0 aliphatic carbocycles. The van der Waals surface area contributed by atoms with Gasteiger partial charge in [-0.2, -0.15) is 0 Å². The van der Waals surface area contributed by atoms with Crippen LogP contribution in [-0.4, -0.2) is 19.6 Å². The van der Waals surface area contributed by atoms with E-state index < -0.39 is 0 Å². The summed E-state index contributed by atoms with van der Waals surface area (Å²) < 4.78 is 0. The van der Waals surface area contributed by atoms with E-state index in [0.29, 0.717) is 0 Å². The number of allylic oxidation sites excluding steroid dienone is 1. The molecule has 0 saturated heterocycles. The van der Waals surface area contributed by atoms with Gasteiger partial charge in [0.2, 0.25) is 0 Å². The lowest BCUT2D eigenvalue weighted by Crippen LogP contribution is -2.13. The van der Waals surface area contributed by atoms with Crippen molar-refractivity contribution in [2.45, 2.75) is 6.92 Å². The summed E-state index contributed by atoms with van der Waals surface area (Å²) in [5.41, 5.74) is 2.70. The van der Waals surface area contributed by atoms with Crippen LogP contribution in [0.3, 0.4) is 0 Å². The smallest absolute Gasteiger partial charge is 0.0325 e. The Hall–Kier alpha value is -1.24. The molecule has 0 aliphatic heterocycles. The first-order chi connectivity index (χ1) is 6.41. The van der Waals surface area contributed by atoms with Gasteiger partial charge in [0, 0.05) is 19.6 Å². The normalized spacial score (nSPS) is 10.5. The van der Waals surface area contributed by atoms with Crippen LogP contribution < -0.4 is 10.6 Å². The summed E-state index contributed by atoms with van der Waals surface area (Å²) in [5.74, 6) is 0. The van der Waals surface area contributed by atoms with E-state index in [2.05, 4.69) is 35.1 Å². The molecule has 0 aromatic carbocycles. The number of hydrogen-bond acceptors (Lipinski definition) is 2. The zero-order chi connectivity index (χ0) is 9.78. The van der Waals surface area contributed by atoms with Gasteiger partial charge in [-0.3, -0.25) is 0 Å². The molecule has 0 spiro atoms. The molecule has 0 atom stereocenters. The van der Waals surface area contributed by atoms with Crippen molar-refractivity contribution in [2.75, 3.05) is 19.6 Å². The lowest BCUT2D eigenvalue weighted by atomic mass is 10.4. The fraction of sp³-hybridized carbons (Fsp3) is 0.364. The highest BCUT2D eigenvalue weighted by atomic mass is 14.8. The second-order valence-electron chi connectivity index (χ2n) is 2.45. The maximum Gasteiger partial charge on any atom is 0.0325 e. The van der Waals surface area contributed by atoms with Crippen molar-refractivity contribution in [1.82, 2.24) is 10.6 Å². The van der Waals surface area contributed by atoms with Crippen LogP contribution in [0.25, 0.3) is 0 Å². The van der Waals surface area contributed by atoms with Crippen LogP contribution >= 0.6 is 0 Å². The van der Waals surface area contributed by atoms with Gasteiger partial charge in [0.05, 0.1) is 0 Å². The summed E-state index contributed by atoms with van der Waals surface area (Å²) in [6.45, 7) is 8.05. The molecule has 0 amide bonds. The third-order valence-corrected chi connectivity index (χ3v) is 1.34. The molecular weight excluding hydrogens is 160 g/mol. The van der Waals surface area contributed by atoms with Crippen LogP contribution in [0.15, 0.2) is 42.8 Å². The van der Waals surface area contributed by atoms with Crippen molar-refractivity contribution >= 4 is 0 Å². The van der Waals surface area contributed by atoms with Crippen LogP contribution in [0, 0.1) is 0 Å². The van der Waals surface area contributed by atoms with Gasteiger partial charge >= 0.3 is 0 Å². The highest BCUT2D eigenvalue weighted by Crippen LogP contribution is 1.71. The van der Waals surface area contributed by atoms with Crippen LogP contribution in [-0.2, 0) is 0 Å². The molecule has 0 aromatic rings. The van der Waals surface area contributed by atoms with E-state index >= 15 is 0 Å². The van der Waals surface area contributed by atoms with E-state index in [1.165, 1.54) is 0 Å². The largest absolute Gasteiger partial charge is 0.388 e. The maximum absolute atomic E-state index is 3.47. The van der Waals surface area contributed by atoms with Gasteiger partial charge in [0.1, 0.15) is 0 Å². The third kappa shape index (κ3) is 10.8. The Labute approximate surface area is 80.7 Å². The Balaban J connectivity index is 3.16. The molecule has 2 nitrogen and oxygen atoms in total. The summed E-state index contributed by atoms with van der Waals surface area (Å²) in [7, 11) is 0. The quantitative estimate of drug-likeness (QED) is 0.351. The topological polar surface area (TPSA) is 24.1 Å². The average Bonchev–Trinajstić information content (AvgIpc) is 2.16. The number of hydrogen-bond donors (Lipinski definition) is 2. The fourth-order valence-electron chi connectivity index (χ4n) is 0.732. The van der Waals surface area contributed by atoms with Gasteiger partial charge in [-0.05, 0) is 19.2 Å². The molecule has 13 heavy (non-hydrogen) atoms. The molecule has 72 valence electrons. The minimum Gasteiger partial charge on any atom is -0.388 e. The SMILES string of the molecule is C=C=CCNC/C=C/CNC=CC. The van der Waals surface area contributed by atoms with Gasteiger partial charge in [-0.25, -0.2) is 0 Å². The Kier molecular flexibility index (Phi) is 9.73. The third-order valence-electron chi connectivity index (χ3n) is 1.34. The van der Waals surface area contributed by atoms with Gasteiger partial charge in [-0.15, -0.1) is 5.73 Å². The van der Waals surface area contributed by atoms with Crippen molar-refractivity contribution in [2.24, 2.45) is 0 Å². The molecule has 0 unspecified atom stereocenters. The molecule has 0 heterocycles. The zero-order valence-corrected chi connectivity index (χ0v) is 8.22. The fourth-order valence-corrected chi connectivity index (χ4v) is 0.732. The van der Waals surface area contributed by atoms with Gasteiger partial charge in [0.25, 0.3) is 0 Å². The van der Waals surface area contributed by atoms with Gasteiger partial charge < -0.3 is 10.6 Å². The zero-order valence-electron chi connectivity index (χ0n) is 8.22. The summed E-state index contributed by atoms with van der Waals surface area (Å²) in [5, 5.41) is 6.30. The Morgan fingerprint density at radius 3 is 2.69 bits per heavy atom. The van der Waals surface area contributed by atoms with Crippen molar-refractivity contribution < 1.29 is 0 Å². The van der Waals surface area contributed by atoms with Crippen LogP contribution in [0.5, 0.6) is 0 Å². The van der Waals surface area contributed by atoms with Crippen molar-refractivity contribution in [3.63, 3.8) is 0 Å². The summed E-state index contributed by atoms with van der Waals surface area (Å²) in [6.07, 6.45) is 9.95. The van der Waals surface area contributed by atoms with Crippen LogP contribution in [0.1, 0.15) is 6.92 Å². The first-order valence-corrected chi connectivity index (χ1v) is 4.46. The van der Waals surface area contributed by atoms with Crippen LogP contribution in [0.4, 0.5) is 0 Å². The van der Waals surface area contributed by atoms with Crippen molar-refractivity contribution in [3.8, 4) is 0 Å². The molecule has 0 aromatic heterocycles. The van der Waals surface area contributed by atoms with Gasteiger partial charge in [0.15, 0.2) is 0 Å². The highest BCUT2D eigenvalue weighted by Gasteiger charge is 1.76. The van der Waals surface area contributed by atoms with Crippen molar-refractivity contribution in [3.05, 3.63) is 42.8 Å². The van der Waals surface area contributed by atoms with E-state index in [4.69, 9.17) is 0 Å². The molecule has 0 saturated carbocycles. The molecule has 0 bridgehead atoms. The van der Waals surface area contributed by atoms with Gasteiger partial charge in [-0.1, -0.05) is 24.8 Å². The first-order valence-electron chi connectivity index (χ1n) is 4.46. The van der Waals surface area contributed by atoms with Crippen molar-refractivity contribution in [1.29, 1.82) is 0 Å². The lowest BCUT2D eigenvalue weighted by molar-refractivity contribution is 0.839. The molecular formula is C11H18N2. The Bertz CT molecular complexity index is 198. The molecule has 0 radical (unpaired) electrons. The van der Waals surface area contributed by atoms with E-state index in [0.717, 1.165) is 19.6 Å². The summed E-state index contributed by atoms with van der Waals surface area (Å²) >= 11 is 0. The van der Waals surface area contributed by atoms with E-state index in [-0.39, 0.29) is 0 Å². The van der Waals surface area contributed by atoms with E-state index in [9.17, 15) is 0 Å². The first kappa shape index (κ1) is 11.8. The number of nitrogens with one attached hydrogen (secondary N) is 2. The predicted octanol–water partition coefficient (Wildman–Crippen LogP) is 1.60. The minimum atomic E-state index is 0.829. The standard InChI is InChI=1S/C11H18N2/c1-3-5-9-13-11-7-6-10-12-8-4-2/h4-8,12-13H,1,9-11H2,2H3/b7-6+,8-4?. The Morgan fingerprint density at radius 1 is 1.23 bits per heavy atom. The predicted molar refractivity (Wildman–Crippen MR) is 58.5 cm³/mol. The minimum absolute atomic E-state index is 0.829. The molecule has 2 heteroatoms. The monoisotopic (exact) mass is 178 g/mol. The number of rotatable bonds is 7. The average molecular weight is 178 g/mol. The molecule has 0 aliphatic rings. The molecule has 0 rings (SSSR count).